The van der Waals surface area contributed by atoms with Gasteiger partial charge in [-0.1, -0.05) is 49.2 Å². The molecule has 1 N–H and O–H groups in total. The van der Waals surface area contributed by atoms with Crippen molar-refractivity contribution in [3.8, 4) is 5.75 Å². The van der Waals surface area contributed by atoms with Crippen LogP contribution >= 0.6 is 23.2 Å². The van der Waals surface area contributed by atoms with Crippen LogP contribution in [0.4, 0.5) is 10.5 Å². The molecule has 36 heavy (non-hydrogen) atoms. The summed E-state index contributed by atoms with van der Waals surface area (Å²) in [5.41, 5.74) is 1.98. The molecule has 4 amide bonds. The van der Waals surface area contributed by atoms with Crippen molar-refractivity contribution in [2.75, 3.05) is 11.5 Å². The SMILES string of the molecule is CC[C@@H](C)c1ccc(N2C(=O)NC(=O)/C(=C/c3cccn3CCOc3ccc(Cl)cc3Cl)C2=O)cc1. The highest BCUT2D eigenvalue weighted by Crippen LogP contribution is 2.28. The lowest BCUT2D eigenvalue weighted by atomic mass is 9.98. The monoisotopic (exact) mass is 525 g/mol. The Hall–Kier alpha value is -3.55. The highest BCUT2D eigenvalue weighted by Gasteiger charge is 2.37. The van der Waals surface area contributed by atoms with Gasteiger partial charge in [0.2, 0.25) is 0 Å². The molecule has 0 aliphatic carbocycles. The molecule has 2 aromatic carbocycles. The van der Waals surface area contributed by atoms with E-state index in [2.05, 4.69) is 19.2 Å². The molecule has 0 spiro atoms. The van der Waals surface area contributed by atoms with Gasteiger partial charge < -0.3 is 9.30 Å². The van der Waals surface area contributed by atoms with Crippen molar-refractivity contribution >= 4 is 52.8 Å². The lowest BCUT2D eigenvalue weighted by Gasteiger charge is -2.26. The maximum atomic E-state index is 13.2. The minimum absolute atomic E-state index is 0.137. The Morgan fingerprint density at radius 1 is 1.06 bits per heavy atom. The van der Waals surface area contributed by atoms with E-state index >= 15 is 0 Å². The predicted molar refractivity (Wildman–Crippen MR) is 141 cm³/mol. The van der Waals surface area contributed by atoms with Crippen molar-refractivity contribution in [2.45, 2.75) is 32.7 Å². The fraction of sp³-hybridized carbons (Fsp3) is 0.222. The van der Waals surface area contributed by atoms with E-state index in [9.17, 15) is 14.4 Å². The zero-order valence-corrected chi connectivity index (χ0v) is 21.3. The van der Waals surface area contributed by atoms with Gasteiger partial charge in [0, 0.05) is 16.9 Å². The largest absolute Gasteiger partial charge is 0.490 e. The van der Waals surface area contributed by atoms with Gasteiger partial charge >= 0.3 is 6.03 Å². The van der Waals surface area contributed by atoms with Gasteiger partial charge in [-0.2, -0.15) is 0 Å². The molecule has 1 saturated heterocycles. The van der Waals surface area contributed by atoms with Crippen molar-refractivity contribution in [2.24, 2.45) is 0 Å². The molecule has 0 unspecified atom stereocenters. The van der Waals surface area contributed by atoms with Gasteiger partial charge in [0.05, 0.1) is 17.3 Å². The minimum atomic E-state index is -0.776. The molecule has 7 nitrogen and oxygen atoms in total. The van der Waals surface area contributed by atoms with E-state index in [1.165, 1.54) is 6.08 Å². The van der Waals surface area contributed by atoms with Gasteiger partial charge in [-0.15, -0.1) is 0 Å². The number of barbiturate groups is 1. The number of hydrogen-bond donors (Lipinski definition) is 1. The number of amides is 4. The third-order valence-corrected chi connectivity index (χ3v) is 6.61. The molecule has 1 aliphatic rings. The number of imide groups is 2. The van der Waals surface area contributed by atoms with E-state index in [1.807, 2.05) is 16.7 Å². The normalized spacial score (nSPS) is 15.8. The quantitative estimate of drug-likeness (QED) is 0.286. The predicted octanol–water partition coefficient (Wildman–Crippen LogP) is 6.05. The van der Waals surface area contributed by atoms with Crippen molar-refractivity contribution in [1.82, 2.24) is 9.88 Å². The number of rotatable bonds is 8. The molecule has 3 aromatic rings. The molecule has 186 valence electrons. The lowest BCUT2D eigenvalue weighted by Crippen LogP contribution is -2.54. The van der Waals surface area contributed by atoms with Crippen LogP contribution < -0.4 is 15.0 Å². The Balaban J connectivity index is 1.52. The molecule has 1 atom stereocenters. The van der Waals surface area contributed by atoms with Crippen LogP contribution in [-0.2, 0) is 16.1 Å². The van der Waals surface area contributed by atoms with Crippen LogP contribution in [-0.4, -0.2) is 29.0 Å². The molecular weight excluding hydrogens is 501 g/mol. The lowest BCUT2D eigenvalue weighted by molar-refractivity contribution is -0.122. The van der Waals surface area contributed by atoms with Crippen molar-refractivity contribution in [1.29, 1.82) is 0 Å². The van der Waals surface area contributed by atoms with E-state index in [1.54, 1.807) is 48.7 Å². The first-order chi connectivity index (χ1) is 17.3. The number of halogens is 2. The van der Waals surface area contributed by atoms with Crippen LogP contribution in [0.3, 0.4) is 0 Å². The second-order valence-electron chi connectivity index (χ2n) is 8.41. The summed E-state index contributed by atoms with van der Waals surface area (Å²) in [6, 6.07) is 15.0. The second-order valence-corrected chi connectivity index (χ2v) is 9.25. The van der Waals surface area contributed by atoms with E-state index < -0.39 is 17.8 Å². The summed E-state index contributed by atoms with van der Waals surface area (Å²) in [6.07, 6.45) is 4.25. The average Bonchev–Trinajstić information content (AvgIpc) is 3.30. The number of carbonyl (C=O) groups is 3. The summed E-state index contributed by atoms with van der Waals surface area (Å²) in [7, 11) is 0. The second kappa shape index (κ2) is 11.0. The number of carbonyl (C=O) groups excluding carboxylic acids is 3. The summed E-state index contributed by atoms with van der Waals surface area (Å²) in [6.45, 7) is 4.93. The van der Waals surface area contributed by atoms with Crippen molar-refractivity contribution in [3.05, 3.63) is 87.7 Å². The fourth-order valence-corrected chi connectivity index (χ4v) is 4.30. The summed E-state index contributed by atoms with van der Waals surface area (Å²) in [4.78, 5) is 39.3. The number of aromatic nitrogens is 1. The standard InChI is InChI=1S/C27H25Cl2N3O4/c1-3-17(2)18-6-9-20(10-7-18)32-26(34)22(25(33)30-27(32)35)16-21-5-4-12-31(21)13-14-36-24-11-8-19(28)15-23(24)29/h4-12,15-17H,3,13-14H2,1-2H3,(H,30,33,35)/b22-16-/t17-/m1/s1. The maximum absolute atomic E-state index is 13.2. The van der Waals surface area contributed by atoms with E-state index in [0.29, 0.717) is 46.2 Å². The van der Waals surface area contributed by atoms with E-state index in [-0.39, 0.29) is 5.57 Å². The molecule has 9 heteroatoms. The van der Waals surface area contributed by atoms with Gasteiger partial charge in [-0.25, -0.2) is 9.69 Å². The molecule has 1 fully saturated rings. The first kappa shape index (κ1) is 25.5. The van der Waals surface area contributed by atoms with Crippen LogP contribution in [0.2, 0.25) is 10.0 Å². The molecule has 0 bridgehead atoms. The zero-order chi connectivity index (χ0) is 25.8. The number of nitrogens with one attached hydrogen (secondary N) is 1. The molecule has 1 aromatic heterocycles. The van der Waals surface area contributed by atoms with Crippen LogP contribution in [0.5, 0.6) is 5.75 Å². The van der Waals surface area contributed by atoms with Gasteiger partial charge in [-0.3, -0.25) is 14.9 Å². The first-order valence-electron chi connectivity index (χ1n) is 11.5. The van der Waals surface area contributed by atoms with E-state index in [4.69, 9.17) is 27.9 Å². The zero-order valence-electron chi connectivity index (χ0n) is 19.8. The smallest absolute Gasteiger partial charge is 0.335 e. The molecular formula is C27H25Cl2N3O4. The van der Waals surface area contributed by atoms with Crippen LogP contribution in [0.1, 0.15) is 37.4 Å². The van der Waals surface area contributed by atoms with Crippen LogP contribution in [0.25, 0.3) is 6.08 Å². The average molecular weight is 526 g/mol. The van der Waals surface area contributed by atoms with Gasteiger partial charge in [0.15, 0.2) is 0 Å². The Bertz CT molecular complexity index is 1330. The third-order valence-electron chi connectivity index (χ3n) is 6.07. The van der Waals surface area contributed by atoms with Crippen LogP contribution in [0.15, 0.2) is 66.4 Å². The highest BCUT2D eigenvalue weighted by atomic mass is 35.5. The Morgan fingerprint density at radius 3 is 2.50 bits per heavy atom. The number of nitrogens with zero attached hydrogens (tertiary/aromatic N) is 2. The molecule has 4 rings (SSSR count). The van der Waals surface area contributed by atoms with Gasteiger partial charge in [-0.05, 0) is 66.4 Å². The Labute approximate surface area is 219 Å². The maximum Gasteiger partial charge on any atom is 0.335 e. The van der Waals surface area contributed by atoms with Crippen LogP contribution in [0, 0.1) is 0 Å². The number of anilines is 1. The van der Waals surface area contributed by atoms with Gasteiger partial charge in [0.25, 0.3) is 11.8 Å². The third kappa shape index (κ3) is 5.48. The summed E-state index contributed by atoms with van der Waals surface area (Å²) >= 11 is 12.1. The number of urea groups is 1. The van der Waals surface area contributed by atoms with E-state index in [0.717, 1.165) is 16.9 Å². The number of benzene rings is 2. The topological polar surface area (TPSA) is 80.6 Å². The Morgan fingerprint density at radius 2 is 1.81 bits per heavy atom. The molecule has 2 heterocycles. The molecule has 1 aliphatic heterocycles. The van der Waals surface area contributed by atoms with Crippen molar-refractivity contribution < 1.29 is 19.1 Å². The molecule has 0 saturated carbocycles. The van der Waals surface area contributed by atoms with Gasteiger partial charge in [0.1, 0.15) is 17.9 Å². The summed E-state index contributed by atoms with van der Waals surface area (Å²) in [5, 5.41) is 3.18. The Kier molecular flexibility index (Phi) is 7.82. The number of ether oxygens (including phenoxy) is 1. The summed E-state index contributed by atoms with van der Waals surface area (Å²) in [5.74, 6) is -0.565. The summed E-state index contributed by atoms with van der Waals surface area (Å²) < 4.78 is 7.58. The fourth-order valence-electron chi connectivity index (χ4n) is 3.84. The first-order valence-corrected chi connectivity index (χ1v) is 12.3. The van der Waals surface area contributed by atoms with Crippen molar-refractivity contribution in [3.63, 3.8) is 0 Å². The number of hydrogen-bond acceptors (Lipinski definition) is 4. The molecule has 0 radical (unpaired) electrons. The highest BCUT2D eigenvalue weighted by molar-refractivity contribution is 6.39. The minimum Gasteiger partial charge on any atom is -0.490 e.